The Morgan fingerprint density at radius 3 is 2.56 bits per heavy atom. The van der Waals surface area contributed by atoms with Crippen molar-refractivity contribution in [1.29, 1.82) is 0 Å². The Labute approximate surface area is 104 Å². The monoisotopic (exact) mass is 256 g/mol. The van der Waals surface area contributed by atoms with E-state index in [1.165, 1.54) is 13.2 Å². The molecule has 0 aliphatic carbocycles. The molecule has 0 spiro atoms. The highest BCUT2D eigenvalue weighted by atomic mass is 16.5. The summed E-state index contributed by atoms with van der Waals surface area (Å²) in [7, 11) is 1.28. The van der Waals surface area contributed by atoms with Gasteiger partial charge in [-0.05, 0) is 13.5 Å². The Kier molecular flexibility index (Phi) is 4.85. The average molecular weight is 256 g/mol. The smallest absolute Gasteiger partial charge is 0.319 e. The van der Waals surface area contributed by atoms with E-state index in [-0.39, 0.29) is 13.1 Å². The van der Waals surface area contributed by atoms with Gasteiger partial charge in [-0.15, -0.1) is 4.74 Å². The largest absolute Gasteiger partial charge is 0.468 e. The van der Waals surface area contributed by atoms with Crippen LogP contribution < -0.4 is 5.56 Å². The number of aromatic nitrogens is 1. The molecule has 0 saturated heterocycles. The summed E-state index contributed by atoms with van der Waals surface area (Å²) in [5, 5.41) is 0. The van der Waals surface area contributed by atoms with Crippen molar-refractivity contribution in [3.63, 3.8) is 0 Å². The Balaban J connectivity index is 2.71. The zero-order valence-electron chi connectivity index (χ0n) is 10.6. The van der Waals surface area contributed by atoms with Crippen LogP contribution in [0.4, 0.5) is 0 Å². The number of carbonyl (C=O) groups is 2. The number of hydrogen-bond acceptors (Lipinski definition) is 6. The number of rotatable bonds is 5. The van der Waals surface area contributed by atoms with Gasteiger partial charge in [-0.3, -0.25) is 19.3 Å². The van der Waals surface area contributed by atoms with E-state index < -0.39 is 17.4 Å². The van der Waals surface area contributed by atoms with Gasteiger partial charge in [0.05, 0.1) is 20.2 Å². The summed E-state index contributed by atoms with van der Waals surface area (Å²) in [4.78, 5) is 35.8. The second-order valence-corrected chi connectivity index (χ2v) is 3.75. The van der Waals surface area contributed by atoms with E-state index in [9.17, 15) is 14.4 Å². The van der Waals surface area contributed by atoms with E-state index in [0.717, 1.165) is 0 Å². The summed E-state index contributed by atoms with van der Waals surface area (Å²) in [6, 6.07) is 1.23. The third-order valence-electron chi connectivity index (χ3n) is 2.38. The predicted octanol–water partition coefficient (Wildman–Crippen LogP) is -0.115. The molecule has 1 aromatic rings. The molecule has 0 saturated carbocycles. The number of carbonyl (C=O) groups excluding carboxylic acids is 2. The van der Waals surface area contributed by atoms with Crippen LogP contribution >= 0.6 is 0 Å². The van der Waals surface area contributed by atoms with Crippen molar-refractivity contribution in [3.05, 3.63) is 22.2 Å². The number of methoxy groups -OCH3 is 1. The van der Waals surface area contributed by atoms with Crippen molar-refractivity contribution in [3.8, 4) is 0 Å². The van der Waals surface area contributed by atoms with Gasteiger partial charge in [0, 0.05) is 6.07 Å². The second kappa shape index (κ2) is 6.15. The van der Waals surface area contributed by atoms with Crippen LogP contribution in [0.3, 0.4) is 0 Å². The van der Waals surface area contributed by atoms with Crippen molar-refractivity contribution in [2.75, 3.05) is 26.7 Å². The fraction of sp³-hybridized carbons (Fsp3) is 0.545. The standard InChI is InChI=1S/C11H16N2O5/c1-4-12(7-11(16)17-3)6-10(15)13-9(14)5-8(2)18-13/h5H,4,6-7H2,1-3H3. The predicted molar refractivity (Wildman–Crippen MR) is 62.5 cm³/mol. The average Bonchev–Trinajstić information content (AvgIpc) is 2.67. The summed E-state index contributed by atoms with van der Waals surface area (Å²) >= 11 is 0. The summed E-state index contributed by atoms with van der Waals surface area (Å²) in [6.07, 6.45) is 0. The van der Waals surface area contributed by atoms with Crippen LogP contribution in [-0.4, -0.2) is 48.3 Å². The van der Waals surface area contributed by atoms with E-state index >= 15 is 0 Å². The summed E-state index contributed by atoms with van der Waals surface area (Å²) < 4.78 is 10.2. The van der Waals surface area contributed by atoms with Crippen molar-refractivity contribution in [2.45, 2.75) is 13.8 Å². The van der Waals surface area contributed by atoms with Crippen LogP contribution in [0.5, 0.6) is 0 Å². The van der Waals surface area contributed by atoms with Gasteiger partial charge in [-0.1, -0.05) is 6.92 Å². The Bertz CT molecular complexity index is 488. The maximum Gasteiger partial charge on any atom is 0.319 e. The lowest BCUT2D eigenvalue weighted by Crippen LogP contribution is -2.38. The Morgan fingerprint density at radius 2 is 2.11 bits per heavy atom. The van der Waals surface area contributed by atoms with Gasteiger partial charge in [0.15, 0.2) is 0 Å². The molecule has 100 valence electrons. The third-order valence-corrected chi connectivity index (χ3v) is 2.38. The van der Waals surface area contributed by atoms with Gasteiger partial charge in [0.1, 0.15) is 5.76 Å². The maximum absolute atomic E-state index is 11.8. The van der Waals surface area contributed by atoms with Crippen LogP contribution in [-0.2, 0) is 9.53 Å². The highest BCUT2D eigenvalue weighted by Crippen LogP contribution is 1.96. The lowest BCUT2D eigenvalue weighted by Gasteiger charge is -2.17. The van der Waals surface area contributed by atoms with Crippen LogP contribution in [0.2, 0.25) is 0 Å². The minimum atomic E-state index is -0.515. The summed E-state index contributed by atoms with van der Waals surface area (Å²) in [5.41, 5.74) is -0.508. The molecule has 1 aromatic heterocycles. The van der Waals surface area contributed by atoms with Gasteiger partial charge in [-0.2, -0.15) is 0 Å². The van der Waals surface area contributed by atoms with Crippen molar-refractivity contribution in [2.24, 2.45) is 0 Å². The van der Waals surface area contributed by atoms with E-state index in [0.29, 0.717) is 17.0 Å². The van der Waals surface area contributed by atoms with E-state index in [2.05, 4.69) is 4.74 Å². The minimum Gasteiger partial charge on any atom is -0.468 e. The molecule has 0 N–H and O–H groups in total. The van der Waals surface area contributed by atoms with Gasteiger partial charge in [0.2, 0.25) is 0 Å². The number of likely N-dealkylation sites (N-methyl/N-ethyl adjacent to an activating group) is 1. The van der Waals surface area contributed by atoms with E-state index in [4.69, 9.17) is 4.52 Å². The molecule has 0 unspecified atom stereocenters. The van der Waals surface area contributed by atoms with E-state index in [1.54, 1.807) is 18.7 Å². The molecule has 0 atom stereocenters. The van der Waals surface area contributed by atoms with Gasteiger partial charge < -0.3 is 9.26 Å². The summed E-state index contributed by atoms with van der Waals surface area (Å²) in [6.45, 7) is 3.77. The zero-order valence-corrected chi connectivity index (χ0v) is 10.6. The van der Waals surface area contributed by atoms with Gasteiger partial charge in [0.25, 0.3) is 11.5 Å². The Morgan fingerprint density at radius 1 is 1.44 bits per heavy atom. The third kappa shape index (κ3) is 3.56. The molecule has 0 aliphatic rings. The minimum absolute atomic E-state index is 0.00676. The van der Waals surface area contributed by atoms with Gasteiger partial charge >= 0.3 is 5.97 Å². The number of hydrogen-bond donors (Lipinski definition) is 0. The molecule has 0 fully saturated rings. The molecular formula is C11H16N2O5. The van der Waals surface area contributed by atoms with Crippen molar-refractivity contribution < 1.29 is 18.8 Å². The number of esters is 1. The summed E-state index contributed by atoms with van der Waals surface area (Å²) in [5.74, 6) is -0.587. The molecule has 0 aromatic carbocycles. The first-order valence-corrected chi connectivity index (χ1v) is 5.50. The first-order valence-electron chi connectivity index (χ1n) is 5.50. The number of ether oxygens (including phenoxy) is 1. The first kappa shape index (κ1) is 14.2. The van der Waals surface area contributed by atoms with E-state index in [1.807, 2.05) is 0 Å². The van der Waals surface area contributed by atoms with Crippen LogP contribution in [0.1, 0.15) is 17.5 Å². The topological polar surface area (TPSA) is 81.8 Å². The molecule has 7 nitrogen and oxygen atoms in total. The molecule has 18 heavy (non-hydrogen) atoms. The van der Waals surface area contributed by atoms with Crippen molar-refractivity contribution >= 4 is 11.9 Å². The fourth-order valence-electron chi connectivity index (χ4n) is 1.40. The highest BCUT2D eigenvalue weighted by Gasteiger charge is 2.17. The highest BCUT2D eigenvalue weighted by molar-refractivity contribution is 5.80. The number of nitrogens with zero attached hydrogens (tertiary/aromatic N) is 2. The molecular weight excluding hydrogens is 240 g/mol. The lowest BCUT2D eigenvalue weighted by molar-refractivity contribution is -0.141. The lowest BCUT2D eigenvalue weighted by atomic mass is 10.4. The molecule has 0 radical (unpaired) electrons. The van der Waals surface area contributed by atoms with Crippen molar-refractivity contribution in [1.82, 2.24) is 9.64 Å². The normalized spacial score (nSPS) is 10.7. The van der Waals surface area contributed by atoms with Gasteiger partial charge in [-0.25, -0.2) is 0 Å². The maximum atomic E-state index is 11.8. The zero-order chi connectivity index (χ0) is 13.7. The molecule has 0 aliphatic heterocycles. The quantitative estimate of drug-likeness (QED) is 0.683. The fourth-order valence-corrected chi connectivity index (χ4v) is 1.40. The first-order chi connectivity index (χ1) is 8.47. The SMILES string of the molecule is CCN(CC(=O)OC)CC(=O)n1oc(C)cc1=O. The molecule has 1 rings (SSSR count). The van der Waals surface area contributed by atoms with Crippen LogP contribution in [0.25, 0.3) is 0 Å². The molecule has 0 bridgehead atoms. The van der Waals surface area contributed by atoms with Crippen LogP contribution in [0, 0.1) is 6.92 Å². The van der Waals surface area contributed by atoms with Crippen LogP contribution in [0.15, 0.2) is 15.4 Å². The Hall–Kier alpha value is -1.89. The second-order valence-electron chi connectivity index (χ2n) is 3.75. The number of aryl methyl sites for hydroxylation is 1. The molecule has 7 heteroatoms. The molecule has 1 heterocycles. The molecule has 0 amide bonds.